The van der Waals surface area contributed by atoms with Crippen LogP contribution in [0, 0.1) is 13.8 Å². The Morgan fingerprint density at radius 1 is 1.10 bits per heavy atom. The second-order valence-electron chi connectivity index (χ2n) is 7.32. The summed E-state index contributed by atoms with van der Waals surface area (Å²) in [7, 11) is 1.60. The molecule has 156 valence electrons. The Balaban J connectivity index is 1.71. The number of nitrogens with one attached hydrogen (secondary N) is 2. The van der Waals surface area contributed by atoms with E-state index in [0.29, 0.717) is 29.5 Å². The van der Waals surface area contributed by atoms with Gasteiger partial charge in [0, 0.05) is 18.5 Å². The predicted molar refractivity (Wildman–Crippen MR) is 115 cm³/mol. The highest BCUT2D eigenvalue weighted by atomic mass is 32.1. The average Bonchev–Trinajstić information content (AvgIpc) is 3.03. The molecular weight excluding hydrogens is 388 g/mol. The molecule has 1 aromatic carbocycles. The normalized spacial score (nSPS) is 12.9. The number of thiophene rings is 1. The third-order valence-electron chi connectivity index (χ3n) is 4.81. The summed E-state index contributed by atoms with van der Waals surface area (Å²) in [6.45, 7) is 4.76. The van der Waals surface area contributed by atoms with Crippen molar-refractivity contribution < 1.29 is 19.1 Å². The van der Waals surface area contributed by atoms with Gasteiger partial charge in [-0.3, -0.25) is 9.59 Å². The largest absolute Gasteiger partial charge is 0.484 e. The molecule has 1 heterocycles. The van der Waals surface area contributed by atoms with Crippen molar-refractivity contribution in [1.29, 1.82) is 0 Å². The standard InChI is InChI=1S/C22H28N2O4S/c1-14-10-15(2)12-16(11-14)28-13-19(25)24-22-20(21(26)23-8-9-27-3)17-6-4-5-7-18(17)29-22/h10-12H,4-9,13H2,1-3H3,(H,23,26)(H,24,25). The van der Waals surface area contributed by atoms with Crippen LogP contribution in [0.15, 0.2) is 18.2 Å². The Hall–Kier alpha value is -2.38. The number of carbonyl (C=O) groups excluding carboxylic acids is 2. The summed E-state index contributed by atoms with van der Waals surface area (Å²) in [5.74, 6) is 0.237. The summed E-state index contributed by atoms with van der Waals surface area (Å²) in [5, 5.41) is 6.39. The number of methoxy groups -OCH3 is 1. The Morgan fingerprint density at radius 3 is 2.55 bits per heavy atom. The zero-order valence-corrected chi connectivity index (χ0v) is 18.0. The van der Waals surface area contributed by atoms with Crippen LogP contribution in [-0.2, 0) is 22.4 Å². The molecule has 0 unspecified atom stereocenters. The third-order valence-corrected chi connectivity index (χ3v) is 6.02. The van der Waals surface area contributed by atoms with E-state index in [1.807, 2.05) is 26.0 Å². The van der Waals surface area contributed by atoms with Gasteiger partial charge in [0.15, 0.2) is 6.61 Å². The van der Waals surface area contributed by atoms with Gasteiger partial charge in [-0.2, -0.15) is 0 Å². The minimum atomic E-state index is -0.270. The van der Waals surface area contributed by atoms with Crippen molar-refractivity contribution in [1.82, 2.24) is 5.32 Å². The quantitative estimate of drug-likeness (QED) is 0.644. The molecule has 0 radical (unpaired) electrons. The second-order valence-corrected chi connectivity index (χ2v) is 8.43. The number of ether oxygens (including phenoxy) is 2. The summed E-state index contributed by atoms with van der Waals surface area (Å²) in [4.78, 5) is 26.5. The summed E-state index contributed by atoms with van der Waals surface area (Å²) >= 11 is 1.50. The zero-order chi connectivity index (χ0) is 20.8. The van der Waals surface area contributed by atoms with Crippen LogP contribution in [0.25, 0.3) is 0 Å². The fraction of sp³-hybridized carbons (Fsp3) is 0.455. The van der Waals surface area contributed by atoms with Crippen molar-refractivity contribution in [2.45, 2.75) is 39.5 Å². The van der Waals surface area contributed by atoms with Gasteiger partial charge in [-0.05, 0) is 68.4 Å². The van der Waals surface area contributed by atoms with Gasteiger partial charge in [0.2, 0.25) is 0 Å². The first kappa shape index (κ1) is 21.3. The molecule has 3 rings (SSSR count). The molecule has 0 aliphatic heterocycles. The highest BCUT2D eigenvalue weighted by Gasteiger charge is 2.26. The SMILES string of the molecule is COCCNC(=O)c1c(NC(=O)COc2cc(C)cc(C)c2)sc2c1CCCC2. The topological polar surface area (TPSA) is 76.7 Å². The fourth-order valence-corrected chi connectivity index (χ4v) is 4.88. The number of anilines is 1. The van der Waals surface area contributed by atoms with E-state index < -0.39 is 0 Å². The average molecular weight is 417 g/mol. The molecule has 1 aromatic heterocycles. The molecular formula is C22H28N2O4S. The molecule has 0 fully saturated rings. The molecule has 2 aromatic rings. The van der Waals surface area contributed by atoms with Gasteiger partial charge >= 0.3 is 0 Å². The third kappa shape index (κ3) is 5.58. The Bertz CT molecular complexity index is 871. The number of benzene rings is 1. The van der Waals surface area contributed by atoms with Crippen molar-refractivity contribution >= 4 is 28.2 Å². The maximum absolute atomic E-state index is 12.8. The monoisotopic (exact) mass is 416 g/mol. The number of amides is 2. The van der Waals surface area contributed by atoms with E-state index >= 15 is 0 Å². The van der Waals surface area contributed by atoms with E-state index in [1.165, 1.54) is 16.2 Å². The van der Waals surface area contributed by atoms with Gasteiger partial charge in [0.05, 0.1) is 12.2 Å². The number of hydrogen-bond acceptors (Lipinski definition) is 5. The lowest BCUT2D eigenvalue weighted by Crippen LogP contribution is -2.29. The molecule has 0 saturated carbocycles. The molecule has 0 atom stereocenters. The van der Waals surface area contributed by atoms with Gasteiger partial charge in [0.25, 0.3) is 11.8 Å². The van der Waals surface area contributed by atoms with Crippen LogP contribution in [0.2, 0.25) is 0 Å². The van der Waals surface area contributed by atoms with Crippen molar-refractivity contribution in [2.75, 3.05) is 32.2 Å². The number of carbonyl (C=O) groups is 2. The molecule has 7 heteroatoms. The Kier molecular flexibility index (Phi) is 7.28. The minimum Gasteiger partial charge on any atom is -0.484 e. The van der Waals surface area contributed by atoms with E-state index in [0.717, 1.165) is 42.4 Å². The smallest absolute Gasteiger partial charge is 0.262 e. The molecule has 0 saturated heterocycles. The van der Waals surface area contributed by atoms with Crippen LogP contribution in [0.1, 0.15) is 44.8 Å². The van der Waals surface area contributed by atoms with Crippen LogP contribution in [0.3, 0.4) is 0 Å². The van der Waals surface area contributed by atoms with E-state index in [-0.39, 0.29) is 18.4 Å². The lowest BCUT2D eigenvalue weighted by Gasteiger charge is -2.13. The van der Waals surface area contributed by atoms with Crippen molar-refractivity contribution in [3.63, 3.8) is 0 Å². The Morgan fingerprint density at radius 2 is 1.83 bits per heavy atom. The van der Waals surface area contributed by atoms with E-state index in [4.69, 9.17) is 9.47 Å². The van der Waals surface area contributed by atoms with Crippen LogP contribution in [-0.4, -0.2) is 38.7 Å². The number of aryl methyl sites for hydroxylation is 3. The van der Waals surface area contributed by atoms with Gasteiger partial charge in [-0.15, -0.1) is 11.3 Å². The molecule has 0 bridgehead atoms. The van der Waals surface area contributed by atoms with Crippen LogP contribution >= 0.6 is 11.3 Å². The van der Waals surface area contributed by atoms with Crippen molar-refractivity contribution in [3.05, 3.63) is 45.3 Å². The van der Waals surface area contributed by atoms with E-state index in [1.54, 1.807) is 7.11 Å². The Labute approximate surface area is 175 Å². The number of fused-ring (bicyclic) bond motifs is 1. The summed E-state index contributed by atoms with van der Waals surface area (Å²) < 4.78 is 10.7. The highest BCUT2D eigenvalue weighted by molar-refractivity contribution is 7.17. The van der Waals surface area contributed by atoms with Crippen LogP contribution < -0.4 is 15.4 Å². The lowest BCUT2D eigenvalue weighted by molar-refractivity contribution is -0.118. The highest BCUT2D eigenvalue weighted by Crippen LogP contribution is 2.38. The first-order chi connectivity index (χ1) is 14.0. The van der Waals surface area contributed by atoms with Crippen molar-refractivity contribution in [3.8, 4) is 5.75 Å². The molecule has 2 N–H and O–H groups in total. The summed E-state index contributed by atoms with van der Waals surface area (Å²) in [6, 6.07) is 5.86. The maximum atomic E-state index is 12.8. The fourth-order valence-electron chi connectivity index (χ4n) is 3.58. The minimum absolute atomic E-state index is 0.101. The van der Waals surface area contributed by atoms with E-state index in [9.17, 15) is 9.59 Å². The number of rotatable bonds is 8. The summed E-state index contributed by atoms with van der Waals surface area (Å²) in [5.41, 5.74) is 3.84. The van der Waals surface area contributed by atoms with Gasteiger partial charge in [-0.25, -0.2) is 0 Å². The molecule has 1 aliphatic rings. The zero-order valence-electron chi connectivity index (χ0n) is 17.2. The molecule has 0 spiro atoms. The molecule has 29 heavy (non-hydrogen) atoms. The van der Waals surface area contributed by atoms with E-state index in [2.05, 4.69) is 16.7 Å². The first-order valence-electron chi connectivity index (χ1n) is 9.90. The van der Waals surface area contributed by atoms with Gasteiger partial charge < -0.3 is 20.1 Å². The molecule has 1 aliphatic carbocycles. The van der Waals surface area contributed by atoms with Crippen LogP contribution in [0.5, 0.6) is 5.75 Å². The summed E-state index contributed by atoms with van der Waals surface area (Å²) in [6.07, 6.45) is 3.99. The molecule has 2 amide bonds. The molecule has 6 nitrogen and oxygen atoms in total. The van der Waals surface area contributed by atoms with Crippen LogP contribution in [0.4, 0.5) is 5.00 Å². The first-order valence-corrected chi connectivity index (χ1v) is 10.7. The van der Waals surface area contributed by atoms with Crippen molar-refractivity contribution in [2.24, 2.45) is 0 Å². The lowest BCUT2D eigenvalue weighted by atomic mass is 9.95. The van der Waals surface area contributed by atoms with Gasteiger partial charge in [0.1, 0.15) is 10.8 Å². The predicted octanol–water partition coefficient (Wildman–Crippen LogP) is 3.64. The second kappa shape index (κ2) is 9.89. The number of hydrogen-bond donors (Lipinski definition) is 2. The maximum Gasteiger partial charge on any atom is 0.262 e. The van der Waals surface area contributed by atoms with Gasteiger partial charge in [-0.1, -0.05) is 6.07 Å².